The fourth-order valence-corrected chi connectivity index (χ4v) is 6.96. The van der Waals surface area contributed by atoms with Gasteiger partial charge in [0.2, 0.25) is 0 Å². The summed E-state index contributed by atoms with van der Waals surface area (Å²) in [6.07, 6.45) is 6.00. The van der Waals surface area contributed by atoms with E-state index in [2.05, 4.69) is 187 Å². The highest BCUT2D eigenvalue weighted by atomic mass is 15.1. The first-order valence-electron chi connectivity index (χ1n) is 16.1. The number of hydrogen-bond acceptors (Lipinski definition) is 1. The van der Waals surface area contributed by atoms with Gasteiger partial charge in [-0.2, -0.15) is 0 Å². The summed E-state index contributed by atoms with van der Waals surface area (Å²) in [5, 5.41) is 4.97. The number of rotatable bonds is 7. The van der Waals surface area contributed by atoms with Crippen LogP contribution in [0.3, 0.4) is 0 Å². The maximum atomic E-state index is 3.90. The summed E-state index contributed by atoms with van der Waals surface area (Å²) >= 11 is 0. The molecule has 0 aliphatic rings. The van der Waals surface area contributed by atoms with Crippen LogP contribution in [-0.4, -0.2) is 4.57 Å². The monoisotopic (exact) mass is 602 g/mol. The fraction of sp³-hybridized carbons (Fsp3) is 0.0222. The maximum absolute atomic E-state index is 3.90. The fourth-order valence-electron chi connectivity index (χ4n) is 6.96. The zero-order chi connectivity index (χ0) is 31.7. The number of aromatic nitrogens is 1. The van der Waals surface area contributed by atoms with Crippen molar-refractivity contribution in [2.45, 2.75) is 6.92 Å². The van der Waals surface area contributed by atoms with E-state index in [0.29, 0.717) is 0 Å². The van der Waals surface area contributed by atoms with Gasteiger partial charge in [0.05, 0.1) is 16.7 Å². The number of aryl methyl sites for hydroxylation is 1. The lowest BCUT2D eigenvalue weighted by atomic mass is 9.96. The van der Waals surface area contributed by atoms with Gasteiger partial charge in [0, 0.05) is 33.2 Å². The van der Waals surface area contributed by atoms with E-state index in [1.54, 1.807) is 0 Å². The molecular weight excluding hydrogens is 569 g/mol. The first-order chi connectivity index (χ1) is 23.2. The number of allylic oxidation sites excluding steroid dienone is 2. The van der Waals surface area contributed by atoms with Gasteiger partial charge in [-0.3, -0.25) is 0 Å². The highest BCUT2D eigenvalue weighted by Crippen LogP contribution is 2.46. The number of anilines is 3. The van der Waals surface area contributed by atoms with E-state index in [-0.39, 0.29) is 0 Å². The quantitative estimate of drug-likeness (QED) is 0.165. The van der Waals surface area contributed by atoms with Crippen LogP contribution >= 0.6 is 0 Å². The Morgan fingerprint density at radius 2 is 1.15 bits per heavy atom. The lowest BCUT2D eigenvalue weighted by Crippen LogP contribution is -2.10. The minimum absolute atomic E-state index is 1.11. The van der Waals surface area contributed by atoms with E-state index in [1.807, 2.05) is 12.2 Å². The number of benzene rings is 7. The predicted octanol–water partition coefficient (Wildman–Crippen LogP) is 12.6. The Labute approximate surface area is 275 Å². The van der Waals surface area contributed by atoms with Gasteiger partial charge in [-0.15, -0.1) is 0 Å². The Hall–Kier alpha value is -6.12. The molecule has 8 rings (SSSR count). The van der Waals surface area contributed by atoms with Gasteiger partial charge < -0.3 is 9.47 Å². The van der Waals surface area contributed by atoms with Crippen molar-refractivity contribution in [2.75, 3.05) is 4.90 Å². The van der Waals surface area contributed by atoms with Gasteiger partial charge >= 0.3 is 0 Å². The van der Waals surface area contributed by atoms with Gasteiger partial charge in [0.15, 0.2) is 0 Å². The Morgan fingerprint density at radius 3 is 1.85 bits per heavy atom. The molecule has 0 spiro atoms. The molecule has 0 amide bonds. The van der Waals surface area contributed by atoms with Gasteiger partial charge in [-0.1, -0.05) is 134 Å². The molecule has 2 nitrogen and oxygen atoms in total. The Kier molecular flexibility index (Phi) is 7.24. The molecule has 0 bridgehead atoms. The van der Waals surface area contributed by atoms with Crippen LogP contribution in [0.5, 0.6) is 0 Å². The SMILES string of the molecule is C=C/C=C\c1ccc2c(c1C)c1c3ccccc3c(N(c3ccccc3)c3ccc(-c4ccccc4)cc3)cc1n2-c1ccccc1. The molecule has 0 aliphatic carbocycles. The van der Waals surface area contributed by atoms with Crippen molar-refractivity contribution in [3.63, 3.8) is 0 Å². The molecule has 7 aromatic carbocycles. The van der Waals surface area contributed by atoms with E-state index in [4.69, 9.17) is 0 Å². The summed E-state index contributed by atoms with van der Waals surface area (Å²) in [6, 6.07) is 56.7. The van der Waals surface area contributed by atoms with Crippen LogP contribution in [-0.2, 0) is 0 Å². The van der Waals surface area contributed by atoms with Crippen LogP contribution < -0.4 is 4.90 Å². The van der Waals surface area contributed by atoms with Gasteiger partial charge in [0.25, 0.3) is 0 Å². The molecule has 0 radical (unpaired) electrons. The Bertz CT molecular complexity index is 2400. The summed E-state index contributed by atoms with van der Waals surface area (Å²) in [7, 11) is 0. The highest BCUT2D eigenvalue weighted by Gasteiger charge is 2.23. The zero-order valence-corrected chi connectivity index (χ0v) is 26.3. The summed E-state index contributed by atoms with van der Waals surface area (Å²) in [6.45, 7) is 6.15. The van der Waals surface area contributed by atoms with E-state index in [9.17, 15) is 0 Å². The molecule has 2 heteroatoms. The van der Waals surface area contributed by atoms with Crippen LogP contribution in [0.15, 0.2) is 176 Å². The Balaban J connectivity index is 1.46. The first kappa shape index (κ1) is 28.4. The average molecular weight is 603 g/mol. The first-order valence-corrected chi connectivity index (χ1v) is 16.1. The third-order valence-electron chi connectivity index (χ3n) is 9.13. The van der Waals surface area contributed by atoms with Crippen LogP contribution in [0.4, 0.5) is 17.1 Å². The minimum Gasteiger partial charge on any atom is -0.310 e. The molecule has 8 aromatic rings. The molecule has 1 aromatic heterocycles. The second kappa shape index (κ2) is 12.0. The molecule has 0 unspecified atom stereocenters. The van der Waals surface area contributed by atoms with Crippen LogP contribution in [0.2, 0.25) is 0 Å². The van der Waals surface area contributed by atoms with Crippen molar-refractivity contribution in [1.29, 1.82) is 0 Å². The summed E-state index contributed by atoms with van der Waals surface area (Å²) < 4.78 is 2.43. The largest absolute Gasteiger partial charge is 0.310 e. The number of hydrogen-bond donors (Lipinski definition) is 0. The second-order valence-electron chi connectivity index (χ2n) is 11.9. The molecule has 0 saturated heterocycles. The van der Waals surface area contributed by atoms with Crippen molar-refractivity contribution < 1.29 is 0 Å². The molecular formula is C45H34N2. The standard InChI is InChI=1S/C45H34N2/c1-3-4-16-33-27-30-41-44(32(33)2)45-40-24-15-14-23-39(40)42(31-43(45)47(41)37-21-12-7-13-22-37)46(36-19-10-6-11-20-36)38-28-25-35(26-29-38)34-17-8-5-9-18-34/h3-31H,1H2,2H3/b16-4-. The van der Waals surface area contributed by atoms with E-state index in [0.717, 1.165) is 22.7 Å². The second-order valence-corrected chi connectivity index (χ2v) is 11.9. The average Bonchev–Trinajstić information content (AvgIpc) is 3.48. The topological polar surface area (TPSA) is 8.17 Å². The van der Waals surface area contributed by atoms with Crippen molar-refractivity contribution in [3.8, 4) is 16.8 Å². The third kappa shape index (κ3) is 4.92. The lowest BCUT2D eigenvalue weighted by Gasteiger charge is -2.27. The summed E-state index contributed by atoms with van der Waals surface area (Å²) in [5.74, 6) is 0. The van der Waals surface area contributed by atoms with Gasteiger partial charge in [-0.25, -0.2) is 0 Å². The summed E-state index contributed by atoms with van der Waals surface area (Å²) in [5.41, 5.74) is 11.7. The number of fused-ring (bicyclic) bond motifs is 5. The van der Waals surface area contributed by atoms with Crippen LogP contribution in [0, 0.1) is 6.92 Å². The van der Waals surface area contributed by atoms with Crippen molar-refractivity contribution in [2.24, 2.45) is 0 Å². The van der Waals surface area contributed by atoms with Crippen molar-refractivity contribution in [1.82, 2.24) is 4.57 Å². The van der Waals surface area contributed by atoms with Crippen molar-refractivity contribution >= 4 is 55.7 Å². The smallest absolute Gasteiger partial charge is 0.0568 e. The molecule has 0 atom stereocenters. The van der Waals surface area contributed by atoms with E-state index >= 15 is 0 Å². The molecule has 47 heavy (non-hydrogen) atoms. The summed E-state index contributed by atoms with van der Waals surface area (Å²) in [4.78, 5) is 2.40. The lowest BCUT2D eigenvalue weighted by molar-refractivity contribution is 1.18. The third-order valence-corrected chi connectivity index (χ3v) is 9.13. The van der Waals surface area contributed by atoms with Crippen LogP contribution in [0.25, 0.3) is 55.5 Å². The number of para-hydroxylation sites is 2. The predicted molar refractivity (Wildman–Crippen MR) is 202 cm³/mol. The molecule has 1 heterocycles. The molecule has 0 N–H and O–H groups in total. The highest BCUT2D eigenvalue weighted by molar-refractivity contribution is 6.25. The maximum Gasteiger partial charge on any atom is 0.0568 e. The molecule has 224 valence electrons. The molecule has 0 saturated carbocycles. The molecule has 0 aliphatic heterocycles. The minimum atomic E-state index is 1.11. The van der Waals surface area contributed by atoms with E-state index < -0.39 is 0 Å². The van der Waals surface area contributed by atoms with E-state index in [1.165, 1.54) is 54.8 Å². The Morgan fingerprint density at radius 1 is 0.553 bits per heavy atom. The van der Waals surface area contributed by atoms with Gasteiger partial charge in [0.1, 0.15) is 0 Å². The molecule has 0 fully saturated rings. The number of nitrogens with zero attached hydrogens (tertiary/aromatic N) is 2. The normalized spacial score (nSPS) is 11.5. The van der Waals surface area contributed by atoms with Gasteiger partial charge in [-0.05, 0) is 83.1 Å². The zero-order valence-electron chi connectivity index (χ0n) is 26.3. The van der Waals surface area contributed by atoms with Crippen molar-refractivity contribution in [3.05, 3.63) is 188 Å². The van der Waals surface area contributed by atoms with Crippen LogP contribution in [0.1, 0.15) is 11.1 Å².